The molecule has 0 unspecified atom stereocenters. The zero-order valence-corrected chi connectivity index (χ0v) is 8.72. The minimum atomic E-state index is -1.74. The number of halogens is 2. The van der Waals surface area contributed by atoms with Crippen molar-refractivity contribution in [3.8, 4) is 5.75 Å². The van der Waals surface area contributed by atoms with Crippen LogP contribution in [-0.4, -0.2) is 31.8 Å². The molecule has 1 heterocycles. The number of hydrogen-bond acceptors (Lipinski definition) is 3. The molecule has 2 rings (SSSR count). The number of alkyl halides is 2. The molecular formula is C11H11F2NO2. The summed E-state index contributed by atoms with van der Waals surface area (Å²) in [6.07, 6.45) is 0. The summed E-state index contributed by atoms with van der Waals surface area (Å²) in [7, 11) is 1.46. The standard InChI is InChI=1S/C11H11F2NO2/c1-16-7-2-3-9-8(4-7)10(15)11(5-12,6-13)14-9/h2-4,14H,5-6H2,1H3. The maximum Gasteiger partial charge on any atom is 0.195 e. The molecule has 0 bridgehead atoms. The lowest BCUT2D eigenvalue weighted by molar-refractivity contribution is 0.0871. The fourth-order valence-electron chi connectivity index (χ4n) is 1.74. The van der Waals surface area contributed by atoms with Gasteiger partial charge in [0.2, 0.25) is 0 Å². The normalized spacial score (nSPS) is 16.8. The van der Waals surface area contributed by atoms with Gasteiger partial charge in [0.05, 0.1) is 7.11 Å². The molecule has 1 aliphatic rings. The Morgan fingerprint density at radius 2 is 2.06 bits per heavy atom. The van der Waals surface area contributed by atoms with Crippen LogP contribution in [-0.2, 0) is 0 Å². The van der Waals surface area contributed by atoms with Crippen molar-refractivity contribution >= 4 is 11.5 Å². The second-order valence-electron chi connectivity index (χ2n) is 3.72. The van der Waals surface area contributed by atoms with Crippen molar-refractivity contribution in [1.29, 1.82) is 0 Å². The zero-order valence-electron chi connectivity index (χ0n) is 8.72. The number of fused-ring (bicyclic) bond motifs is 1. The van der Waals surface area contributed by atoms with E-state index in [-0.39, 0.29) is 5.56 Å². The van der Waals surface area contributed by atoms with Gasteiger partial charge in [0.1, 0.15) is 19.1 Å². The van der Waals surface area contributed by atoms with E-state index in [4.69, 9.17) is 4.74 Å². The maximum absolute atomic E-state index is 12.8. The first-order valence-electron chi connectivity index (χ1n) is 4.80. The largest absolute Gasteiger partial charge is 0.497 e. The number of hydrogen-bond donors (Lipinski definition) is 1. The van der Waals surface area contributed by atoms with Crippen LogP contribution < -0.4 is 10.1 Å². The van der Waals surface area contributed by atoms with E-state index in [1.165, 1.54) is 13.2 Å². The van der Waals surface area contributed by atoms with E-state index in [1.807, 2.05) is 0 Å². The predicted molar refractivity (Wildman–Crippen MR) is 55.6 cm³/mol. The number of Topliss-reactive ketones (excluding diaryl/α,β-unsaturated/α-hetero) is 1. The number of carbonyl (C=O) groups is 1. The second-order valence-corrected chi connectivity index (χ2v) is 3.72. The van der Waals surface area contributed by atoms with Crippen molar-refractivity contribution in [1.82, 2.24) is 0 Å². The molecule has 1 aliphatic heterocycles. The molecule has 3 nitrogen and oxygen atoms in total. The molecular weight excluding hydrogens is 216 g/mol. The summed E-state index contributed by atoms with van der Waals surface area (Å²) >= 11 is 0. The van der Waals surface area contributed by atoms with Gasteiger partial charge in [-0.15, -0.1) is 0 Å². The Labute approximate surface area is 91.4 Å². The molecule has 0 amide bonds. The molecule has 0 aliphatic carbocycles. The van der Waals surface area contributed by atoms with Gasteiger partial charge in [-0.25, -0.2) is 8.78 Å². The van der Waals surface area contributed by atoms with Crippen molar-refractivity contribution < 1.29 is 18.3 Å². The van der Waals surface area contributed by atoms with Gasteiger partial charge >= 0.3 is 0 Å². The molecule has 0 spiro atoms. The van der Waals surface area contributed by atoms with Gasteiger partial charge in [-0.3, -0.25) is 4.79 Å². The van der Waals surface area contributed by atoms with Crippen molar-refractivity contribution in [3.05, 3.63) is 23.8 Å². The van der Waals surface area contributed by atoms with Crippen LogP contribution in [0.25, 0.3) is 0 Å². The zero-order chi connectivity index (χ0) is 11.8. The molecule has 1 N–H and O–H groups in total. The highest BCUT2D eigenvalue weighted by Gasteiger charge is 2.46. The molecule has 16 heavy (non-hydrogen) atoms. The minimum absolute atomic E-state index is 0.273. The lowest BCUT2D eigenvalue weighted by Gasteiger charge is -2.20. The van der Waals surface area contributed by atoms with Crippen molar-refractivity contribution in [2.45, 2.75) is 5.54 Å². The SMILES string of the molecule is COc1ccc2c(c1)C(=O)C(CF)(CF)N2. The number of anilines is 1. The lowest BCUT2D eigenvalue weighted by atomic mass is 9.96. The highest BCUT2D eigenvalue weighted by Crippen LogP contribution is 2.35. The summed E-state index contributed by atoms with van der Waals surface area (Å²) in [6.45, 7) is -2.14. The Kier molecular flexibility index (Phi) is 2.53. The summed E-state index contributed by atoms with van der Waals surface area (Å²) in [5.74, 6) is -0.0752. The summed E-state index contributed by atoms with van der Waals surface area (Å²) in [6, 6.07) is 4.70. The topological polar surface area (TPSA) is 38.3 Å². The summed E-state index contributed by atoms with van der Waals surface area (Å²) in [5, 5.41) is 2.59. The first-order valence-corrected chi connectivity index (χ1v) is 4.80. The molecule has 1 aromatic rings. The van der Waals surface area contributed by atoms with Crippen molar-refractivity contribution in [2.24, 2.45) is 0 Å². The first-order chi connectivity index (χ1) is 7.66. The summed E-state index contributed by atoms with van der Waals surface area (Å²) in [5.41, 5.74) is -1.02. The van der Waals surface area contributed by atoms with Crippen molar-refractivity contribution in [2.75, 3.05) is 25.8 Å². The van der Waals surface area contributed by atoms with E-state index in [9.17, 15) is 13.6 Å². The third-order valence-electron chi connectivity index (χ3n) is 2.74. The fraction of sp³-hybridized carbons (Fsp3) is 0.364. The third-order valence-corrected chi connectivity index (χ3v) is 2.74. The molecule has 0 saturated carbocycles. The average molecular weight is 227 g/mol. The Hall–Kier alpha value is -1.65. The maximum atomic E-state index is 12.8. The van der Waals surface area contributed by atoms with Gasteiger partial charge in [0, 0.05) is 11.3 Å². The van der Waals surface area contributed by atoms with E-state index in [2.05, 4.69) is 5.32 Å². The van der Waals surface area contributed by atoms with Gasteiger partial charge in [-0.05, 0) is 18.2 Å². The smallest absolute Gasteiger partial charge is 0.195 e. The van der Waals surface area contributed by atoms with E-state index >= 15 is 0 Å². The Balaban J connectivity index is 2.46. The number of benzene rings is 1. The van der Waals surface area contributed by atoms with Gasteiger partial charge in [-0.2, -0.15) is 0 Å². The van der Waals surface area contributed by atoms with Crippen LogP contribution in [0.3, 0.4) is 0 Å². The summed E-state index contributed by atoms with van der Waals surface area (Å²) < 4.78 is 30.5. The fourth-order valence-corrected chi connectivity index (χ4v) is 1.74. The third kappa shape index (κ3) is 1.35. The lowest BCUT2D eigenvalue weighted by Crippen LogP contribution is -2.46. The number of nitrogens with one attached hydrogen (secondary N) is 1. The van der Waals surface area contributed by atoms with Crippen LogP contribution in [0.5, 0.6) is 5.75 Å². The highest BCUT2D eigenvalue weighted by molar-refractivity contribution is 6.13. The Morgan fingerprint density at radius 1 is 1.38 bits per heavy atom. The van der Waals surface area contributed by atoms with Gasteiger partial charge in [0.25, 0.3) is 0 Å². The number of ether oxygens (including phenoxy) is 1. The van der Waals surface area contributed by atoms with Crippen molar-refractivity contribution in [3.63, 3.8) is 0 Å². The monoisotopic (exact) mass is 227 g/mol. The van der Waals surface area contributed by atoms with E-state index < -0.39 is 24.7 Å². The average Bonchev–Trinajstić information content (AvgIpc) is 2.62. The molecule has 0 atom stereocenters. The summed E-state index contributed by atoms with van der Waals surface area (Å²) in [4.78, 5) is 11.9. The molecule has 0 aromatic heterocycles. The molecule has 5 heteroatoms. The first kappa shape index (κ1) is 10.9. The van der Waals surface area contributed by atoms with Gasteiger partial charge < -0.3 is 10.1 Å². The van der Waals surface area contributed by atoms with Gasteiger partial charge in [-0.1, -0.05) is 0 Å². The molecule has 1 aromatic carbocycles. The second kappa shape index (κ2) is 3.73. The molecule has 0 saturated heterocycles. The van der Waals surface area contributed by atoms with Crippen LogP contribution in [0.1, 0.15) is 10.4 Å². The van der Waals surface area contributed by atoms with Crippen LogP contribution in [0, 0.1) is 0 Å². The van der Waals surface area contributed by atoms with Crippen LogP contribution >= 0.6 is 0 Å². The Morgan fingerprint density at radius 3 is 2.62 bits per heavy atom. The quantitative estimate of drug-likeness (QED) is 0.858. The molecule has 0 fully saturated rings. The van der Waals surface area contributed by atoms with E-state index in [0.29, 0.717) is 11.4 Å². The number of rotatable bonds is 3. The van der Waals surface area contributed by atoms with Gasteiger partial charge in [0.15, 0.2) is 11.3 Å². The van der Waals surface area contributed by atoms with Crippen LogP contribution in [0.2, 0.25) is 0 Å². The minimum Gasteiger partial charge on any atom is -0.497 e. The number of carbonyl (C=O) groups excluding carboxylic acids is 1. The number of ketones is 1. The van der Waals surface area contributed by atoms with E-state index in [0.717, 1.165) is 0 Å². The molecule has 86 valence electrons. The van der Waals surface area contributed by atoms with Crippen LogP contribution in [0.15, 0.2) is 18.2 Å². The molecule has 0 radical (unpaired) electrons. The van der Waals surface area contributed by atoms with Crippen LogP contribution in [0.4, 0.5) is 14.5 Å². The Bertz CT molecular complexity index is 430. The predicted octanol–water partition coefficient (Wildman–Crippen LogP) is 1.98. The number of methoxy groups -OCH3 is 1. The highest BCUT2D eigenvalue weighted by atomic mass is 19.1. The van der Waals surface area contributed by atoms with E-state index in [1.54, 1.807) is 12.1 Å².